The molecular formula is C12H19N3O5. The molecule has 4 N–H and O–H groups in total. The van der Waals surface area contributed by atoms with Crippen molar-refractivity contribution < 1.29 is 25.2 Å². The number of ether oxygens (including phenoxy) is 1. The van der Waals surface area contributed by atoms with Crippen molar-refractivity contribution in [2.45, 2.75) is 49.9 Å². The SMILES string of the molecule is OC[C@@H](O)[C@H]1O[C@@H](O)[C@H](O)[C@@H]1Cn1cc(C2CC2)nn1. The first-order chi connectivity index (χ1) is 9.60. The zero-order valence-corrected chi connectivity index (χ0v) is 10.9. The third kappa shape index (κ3) is 2.57. The van der Waals surface area contributed by atoms with Gasteiger partial charge in [-0.1, -0.05) is 5.21 Å². The summed E-state index contributed by atoms with van der Waals surface area (Å²) in [4.78, 5) is 0. The molecule has 1 aromatic heterocycles. The average Bonchev–Trinajstić information content (AvgIpc) is 3.14. The summed E-state index contributed by atoms with van der Waals surface area (Å²) in [5.41, 5.74) is 0.929. The van der Waals surface area contributed by atoms with Crippen molar-refractivity contribution >= 4 is 0 Å². The maximum absolute atomic E-state index is 9.93. The van der Waals surface area contributed by atoms with Crippen LogP contribution in [0.2, 0.25) is 0 Å². The van der Waals surface area contributed by atoms with Gasteiger partial charge < -0.3 is 25.2 Å². The highest BCUT2D eigenvalue weighted by atomic mass is 16.6. The number of hydrogen-bond donors (Lipinski definition) is 4. The van der Waals surface area contributed by atoms with Crippen molar-refractivity contribution in [3.8, 4) is 0 Å². The van der Waals surface area contributed by atoms with Crippen molar-refractivity contribution in [3.63, 3.8) is 0 Å². The Bertz CT molecular complexity index is 464. The van der Waals surface area contributed by atoms with Gasteiger partial charge in [0.2, 0.25) is 0 Å². The van der Waals surface area contributed by atoms with E-state index >= 15 is 0 Å². The van der Waals surface area contributed by atoms with Gasteiger partial charge in [-0.2, -0.15) is 0 Å². The van der Waals surface area contributed by atoms with E-state index < -0.39 is 37.1 Å². The van der Waals surface area contributed by atoms with E-state index in [0.717, 1.165) is 18.5 Å². The van der Waals surface area contributed by atoms with Gasteiger partial charge in [0.1, 0.15) is 12.2 Å². The highest BCUT2D eigenvalue weighted by Crippen LogP contribution is 2.38. The lowest BCUT2D eigenvalue weighted by Crippen LogP contribution is -2.38. The Morgan fingerprint density at radius 3 is 2.80 bits per heavy atom. The summed E-state index contributed by atoms with van der Waals surface area (Å²) >= 11 is 0. The van der Waals surface area contributed by atoms with Crippen LogP contribution in [0.4, 0.5) is 0 Å². The minimum absolute atomic E-state index is 0.264. The Kier molecular flexibility index (Phi) is 3.74. The van der Waals surface area contributed by atoms with E-state index in [2.05, 4.69) is 10.3 Å². The van der Waals surface area contributed by atoms with Gasteiger partial charge in [0.25, 0.3) is 0 Å². The molecule has 20 heavy (non-hydrogen) atoms. The molecule has 2 aliphatic rings. The number of aromatic nitrogens is 3. The maximum atomic E-state index is 9.93. The average molecular weight is 285 g/mol. The van der Waals surface area contributed by atoms with Crippen LogP contribution in [0, 0.1) is 5.92 Å². The van der Waals surface area contributed by atoms with Crippen LogP contribution in [0.5, 0.6) is 0 Å². The first-order valence-corrected chi connectivity index (χ1v) is 6.80. The molecule has 0 aromatic carbocycles. The van der Waals surface area contributed by atoms with E-state index in [-0.39, 0.29) is 6.54 Å². The maximum Gasteiger partial charge on any atom is 0.181 e. The van der Waals surface area contributed by atoms with Crippen LogP contribution in [0.15, 0.2) is 6.20 Å². The Morgan fingerprint density at radius 1 is 1.40 bits per heavy atom. The Hall–Kier alpha value is -1.06. The Morgan fingerprint density at radius 2 is 2.15 bits per heavy atom. The molecule has 0 amide bonds. The lowest BCUT2D eigenvalue weighted by atomic mass is 9.95. The number of hydrogen-bond acceptors (Lipinski definition) is 7. The summed E-state index contributed by atoms with van der Waals surface area (Å²) in [5, 5.41) is 46.3. The van der Waals surface area contributed by atoms with Crippen LogP contribution in [0.3, 0.4) is 0 Å². The molecule has 112 valence electrons. The van der Waals surface area contributed by atoms with Crippen LogP contribution < -0.4 is 0 Å². The fourth-order valence-electron chi connectivity index (χ4n) is 2.62. The summed E-state index contributed by atoms with van der Waals surface area (Å²) < 4.78 is 6.70. The quantitative estimate of drug-likeness (QED) is 0.504. The van der Waals surface area contributed by atoms with Gasteiger partial charge >= 0.3 is 0 Å². The van der Waals surface area contributed by atoms with Crippen LogP contribution in [0.25, 0.3) is 0 Å². The molecule has 0 spiro atoms. The number of nitrogens with zero attached hydrogens (tertiary/aromatic N) is 3. The molecule has 1 aliphatic heterocycles. The van der Waals surface area contributed by atoms with Gasteiger partial charge in [0.05, 0.1) is 24.9 Å². The molecule has 5 atom stereocenters. The normalized spacial score (nSPS) is 35.4. The fourth-order valence-corrected chi connectivity index (χ4v) is 2.62. The molecule has 1 aromatic rings. The molecule has 3 rings (SSSR count). The third-order valence-corrected chi connectivity index (χ3v) is 3.97. The minimum atomic E-state index is -1.36. The zero-order valence-electron chi connectivity index (χ0n) is 10.9. The lowest BCUT2D eigenvalue weighted by Gasteiger charge is -2.22. The van der Waals surface area contributed by atoms with Gasteiger partial charge in [-0.05, 0) is 12.8 Å². The van der Waals surface area contributed by atoms with E-state index in [4.69, 9.17) is 9.84 Å². The highest BCUT2D eigenvalue weighted by Gasteiger charge is 2.46. The van der Waals surface area contributed by atoms with Crippen LogP contribution >= 0.6 is 0 Å². The Balaban J connectivity index is 1.71. The zero-order chi connectivity index (χ0) is 14.3. The van der Waals surface area contributed by atoms with Gasteiger partial charge in [-0.25, -0.2) is 0 Å². The molecule has 1 aliphatic carbocycles. The second-order valence-corrected chi connectivity index (χ2v) is 5.54. The number of rotatable bonds is 5. The van der Waals surface area contributed by atoms with Crippen molar-refractivity contribution in [3.05, 3.63) is 11.9 Å². The molecular weight excluding hydrogens is 266 g/mol. The van der Waals surface area contributed by atoms with Gasteiger partial charge in [-0.15, -0.1) is 5.10 Å². The van der Waals surface area contributed by atoms with Crippen molar-refractivity contribution in [1.29, 1.82) is 0 Å². The third-order valence-electron chi connectivity index (χ3n) is 3.97. The molecule has 1 saturated heterocycles. The monoisotopic (exact) mass is 285 g/mol. The smallest absolute Gasteiger partial charge is 0.181 e. The van der Waals surface area contributed by atoms with Gasteiger partial charge in [0, 0.05) is 18.0 Å². The molecule has 0 bridgehead atoms. The van der Waals surface area contributed by atoms with Crippen LogP contribution in [-0.4, -0.2) is 66.6 Å². The molecule has 2 heterocycles. The van der Waals surface area contributed by atoms with E-state index in [1.165, 1.54) is 0 Å². The van der Waals surface area contributed by atoms with Crippen molar-refractivity contribution in [2.75, 3.05) is 6.61 Å². The second-order valence-electron chi connectivity index (χ2n) is 5.54. The number of aliphatic hydroxyl groups excluding tert-OH is 4. The largest absolute Gasteiger partial charge is 0.394 e. The van der Waals surface area contributed by atoms with Crippen LogP contribution in [-0.2, 0) is 11.3 Å². The van der Waals surface area contributed by atoms with Gasteiger partial charge in [-0.3, -0.25) is 4.68 Å². The minimum Gasteiger partial charge on any atom is -0.394 e. The van der Waals surface area contributed by atoms with Crippen molar-refractivity contribution in [2.24, 2.45) is 5.92 Å². The summed E-state index contributed by atoms with van der Waals surface area (Å²) in [6.45, 7) is -0.231. The molecule has 8 heteroatoms. The summed E-state index contributed by atoms with van der Waals surface area (Å²) in [6, 6.07) is 0. The van der Waals surface area contributed by atoms with Crippen molar-refractivity contribution in [1.82, 2.24) is 15.0 Å². The Labute approximate surface area is 115 Å². The standard InChI is InChI=1S/C12H19N3O5/c16-5-9(17)11-7(10(18)12(19)20-11)3-15-4-8(13-14-15)6-1-2-6/h4,6-7,9-12,16-19H,1-3,5H2/t7-,9+,10+,11-,12+/m0/s1. The van der Waals surface area contributed by atoms with Crippen LogP contribution in [0.1, 0.15) is 24.5 Å². The second kappa shape index (κ2) is 5.38. The van der Waals surface area contributed by atoms with E-state index in [9.17, 15) is 15.3 Å². The predicted octanol–water partition coefficient (Wildman–Crippen LogP) is -1.80. The molecule has 0 unspecified atom stereocenters. The molecule has 0 radical (unpaired) electrons. The summed E-state index contributed by atoms with van der Waals surface area (Å²) in [6.07, 6.45) is -0.418. The predicted molar refractivity (Wildman–Crippen MR) is 65.5 cm³/mol. The van der Waals surface area contributed by atoms with E-state index in [1.54, 1.807) is 4.68 Å². The topological polar surface area (TPSA) is 121 Å². The van der Waals surface area contributed by atoms with E-state index in [1.807, 2.05) is 6.20 Å². The molecule has 8 nitrogen and oxygen atoms in total. The van der Waals surface area contributed by atoms with E-state index in [0.29, 0.717) is 5.92 Å². The number of aliphatic hydroxyl groups is 4. The lowest BCUT2D eigenvalue weighted by molar-refractivity contribution is -0.149. The fraction of sp³-hybridized carbons (Fsp3) is 0.833. The first-order valence-electron chi connectivity index (χ1n) is 6.80. The first kappa shape index (κ1) is 13.9. The highest BCUT2D eigenvalue weighted by molar-refractivity contribution is 5.09. The van der Waals surface area contributed by atoms with Gasteiger partial charge in [0.15, 0.2) is 6.29 Å². The summed E-state index contributed by atoms with van der Waals surface area (Å²) in [5.74, 6) is -0.0705. The molecule has 2 fully saturated rings. The molecule has 1 saturated carbocycles. The summed E-state index contributed by atoms with van der Waals surface area (Å²) in [7, 11) is 0.